The first-order chi connectivity index (χ1) is 9.78. The van der Waals surface area contributed by atoms with Crippen molar-refractivity contribution in [2.24, 2.45) is 0 Å². The summed E-state index contributed by atoms with van der Waals surface area (Å²) in [6.45, 7) is 1.68. The molecule has 0 aliphatic carbocycles. The van der Waals surface area contributed by atoms with Crippen LogP contribution in [0.3, 0.4) is 0 Å². The van der Waals surface area contributed by atoms with E-state index in [4.69, 9.17) is 9.47 Å². The van der Waals surface area contributed by atoms with Crippen LogP contribution in [0.15, 0.2) is 23.8 Å². The van der Waals surface area contributed by atoms with Gasteiger partial charge < -0.3 is 14.4 Å². The van der Waals surface area contributed by atoms with Crippen molar-refractivity contribution >= 4 is 12.0 Å². The van der Waals surface area contributed by atoms with Gasteiger partial charge in [0.2, 0.25) is 6.79 Å². The number of nitrogens with zero attached hydrogens (tertiary/aromatic N) is 2. The fourth-order valence-corrected chi connectivity index (χ4v) is 2.40. The van der Waals surface area contributed by atoms with Crippen LogP contribution in [-0.4, -0.2) is 30.7 Å². The number of rotatable bonds is 2. The van der Waals surface area contributed by atoms with E-state index in [2.05, 4.69) is 0 Å². The lowest BCUT2D eigenvalue weighted by Gasteiger charge is -2.14. The van der Waals surface area contributed by atoms with Gasteiger partial charge in [0.1, 0.15) is 11.6 Å². The summed E-state index contributed by atoms with van der Waals surface area (Å²) in [4.78, 5) is 13.9. The number of fused-ring (bicyclic) bond motifs is 1. The molecule has 1 fully saturated rings. The van der Waals surface area contributed by atoms with Crippen molar-refractivity contribution in [3.63, 3.8) is 0 Å². The lowest BCUT2D eigenvalue weighted by atomic mass is 10.1. The molecule has 0 saturated carbocycles. The Morgan fingerprint density at radius 1 is 1.25 bits per heavy atom. The average molecular weight is 270 g/mol. The zero-order chi connectivity index (χ0) is 13.9. The maximum Gasteiger partial charge on any atom is 0.264 e. The molecule has 0 aromatic heterocycles. The zero-order valence-electron chi connectivity index (χ0n) is 11.0. The van der Waals surface area contributed by atoms with E-state index in [0.717, 1.165) is 31.5 Å². The Kier molecular flexibility index (Phi) is 3.30. The van der Waals surface area contributed by atoms with Crippen molar-refractivity contribution in [3.8, 4) is 17.6 Å². The summed E-state index contributed by atoms with van der Waals surface area (Å²) in [5.41, 5.74) is 0.920. The molecule has 3 rings (SSSR count). The number of carbonyl (C=O) groups excluding carboxylic acids is 1. The molecule has 1 saturated heterocycles. The number of amides is 1. The second kappa shape index (κ2) is 5.25. The average Bonchev–Trinajstić information content (AvgIpc) is 3.14. The van der Waals surface area contributed by atoms with Gasteiger partial charge in [0, 0.05) is 13.1 Å². The topological polar surface area (TPSA) is 62.6 Å². The number of nitriles is 1. The van der Waals surface area contributed by atoms with Crippen LogP contribution in [0.25, 0.3) is 6.08 Å². The first-order valence-corrected chi connectivity index (χ1v) is 6.58. The number of carbonyl (C=O) groups is 1. The van der Waals surface area contributed by atoms with Gasteiger partial charge in [-0.2, -0.15) is 5.26 Å². The van der Waals surface area contributed by atoms with Crippen LogP contribution in [-0.2, 0) is 4.79 Å². The Bertz CT molecular complexity index is 610. The molecular formula is C15H14N2O3. The van der Waals surface area contributed by atoms with E-state index in [0.29, 0.717) is 11.5 Å². The fraction of sp³-hybridized carbons (Fsp3) is 0.333. The van der Waals surface area contributed by atoms with Gasteiger partial charge in [-0.3, -0.25) is 4.79 Å². The first-order valence-electron chi connectivity index (χ1n) is 6.58. The summed E-state index contributed by atoms with van der Waals surface area (Å²) >= 11 is 0. The number of hydrogen-bond donors (Lipinski definition) is 0. The van der Waals surface area contributed by atoms with Gasteiger partial charge in [0.05, 0.1) is 0 Å². The molecule has 1 amide bonds. The highest BCUT2D eigenvalue weighted by molar-refractivity contribution is 6.01. The van der Waals surface area contributed by atoms with Crippen molar-refractivity contribution in [2.45, 2.75) is 12.8 Å². The highest BCUT2D eigenvalue weighted by Crippen LogP contribution is 2.33. The second-order valence-corrected chi connectivity index (χ2v) is 4.78. The molecule has 2 aliphatic rings. The molecule has 0 bridgehead atoms. The third-order valence-corrected chi connectivity index (χ3v) is 3.45. The van der Waals surface area contributed by atoms with E-state index in [1.165, 1.54) is 0 Å². The SMILES string of the molecule is N#CC(=Cc1ccc2c(c1)OCO2)C(=O)N1CCCC1. The van der Waals surface area contributed by atoms with Gasteiger partial charge in [-0.15, -0.1) is 0 Å². The van der Waals surface area contributed by atoms with Gasteiger partial charge in [0.25, 0.3) is 5.91 Å². The molecule has 102 valence electrons. The summed E-state index contributed by atoms with van der Waals surface area (Å²) in [5, 5.41) is 9.19. The highest BCUT2D eigenvalue weighted by Gasteiger charge is 2.21. The van der Waals surface area contributed by atoms with Crippen molar-refractivity contribution in [1.82, 2.24) is 4.90 Å². The zero-order valence-corrected chi connectivity index (χ0v) is 11.0. The van der Waals surface area contributed by atoms with Crippen molar-refractivity contribution in [2.75, 3.05) is 19.9 Å². The van der Waals surface area contributed by atoms with E-state index in [1.807, 2.05) is 12.1 Å². The molecule has 0 radical (unpaired) electrons. The third kappa shape index (κ3) is 2.32. The first kappa shape index (κ1) is 12.5. The quantitative estimate of drug-likeness (QED) is 0.608. The van der Waals surface area contributed by atoms with Crippen molar-refractivity contribution in [1.29, 1.82) is 5.26 Å². The van der Waals surface area contributed by atoms with Crippen LogP contribution in [0, 0.1) is 11.3 Å². The molecule has 2 aliphatic heterocycles. The molecule has 0 atom stereocenters. The summed E-state index contributed by atoms with van der Waals surface area (Å²) in [5.74, 6) is 1.14. The minimum Gasteiger partial charge on any atom is -0.454 e. The molecular weight excluding hydrogens is 256 g/mol. The van der Waals surface area contributed by atoms with Crippen LogP contribution < -0.4 is 9.47 Å². The van der Waals surface area contributed by atoms with Gasteiger partial charge in [-0.25, -0.2) is 0 Å². The predicted molar refractivity (Wildman–Crippen MR) is 72.0 cm³/mol. The molecule has 1 aromatic carbocycles. The van der Waals surface area contributed by atoms with Gasteiger partial charge in [-0.1, -0.05) is 6.07 Å². The molecule has 0 unspecified atom stereocenters. The Hall–Kier alpha value is -2.48. The standard InChI is InChI=1S/C15H14N2O3/c16-9-12(15(18)17-5-1-2-6-17)7-11-3-4-13-14(8-11)20-10-19-13/h3-4,7-8H,1-2,5-6,10H2. The molecule has 20 heavy (non-hydrogen) atoms. The lowest BCUT2D eigenvalue weighted by Crippen LogP contribution is -2.28. The molecule has 5 heteroatoms. The smallest absolute Gasteiger partial charge is 0.264 e. The summed E-state index contributed by atoms with van der Waals surface area (Å²) in [6.07, 6.45) is 3.62. The molecule has 0 spiro atoms. The third-order valence-electron chi connectivity index (χ3n) is 3.45. The van der Waals surface area contributed by atoms with E-state index in [1.54, 1.807) is 23.1 Å². The Balaban J connectivity index is 1.85. The van der Waals surface area contributed by atoms with Gasteiger partial charge in [-0.05, 0) is 36.6 Å². The summed E-state index contributed by atoms with van der Waals surface area (Å²) < 4.78 is 10.5. The van der Waals surface area contributed by atoms with Crippen LogP contribution in [0.5, 0.6) is 11.5 Å². The van der Waals surface area contributed by atoms with Crippen LogP contribution in [0.4, 0.5) is 0 Å². The minimum atomic E-state index is -0.192. The Labute approximate surface area is 117 Å². The molecule has 5 nitrogen and oxygen atoms in total. The van der Waals surface area contributed by atoms with Gasteiger partial charge >= 0.3 is 0 Å². The Morgan fingerprint density at radius 2 is 2.00 bits per heavy atom. The normalized spacial score (nSPS) is 17.1. The second-order valence-electron chi connectivity index (χ2n) is 4.78. The van der Waals surface area contributed by atoms with E-state index >= 15 is 0 Å². The fourth-order valence-electron chi connectivity index (χ4n) is 2.40. The maximum atomic E-state index is 12.2. The predicted octanol–water partition coefficient (Wildman–Crippen LogP) is 1.94. The molecule has 2 heterocycles. The van der Waals surface area contributed by atoms with Crippen molar-refractivity contribution in [3.05, 3.63) is 29.3 Å². The van der Waals surface area contributed by atoms with Crippen molar-refractivity contribution < 1.29 is 14.3 Å². The molecule has 0 N–H and O–H groups in total. The maximum absolute atomic E-state index is 12.2. The number of ether oxygens (including phenoxy) is 2. The van der Waals surface area contributed by atoms with E-state index in [-0.39, 0.29) is 18.3 Å². The van der Waals surface area contributed by atoms with Gasteiger partial charge in [0.15, 0.2) is 11.5 Å². The molecule has 1 aromatic rings. The van der Waals surface area contributed by atoms with E-state index < -0.39 is 0 Å². The highest BCUT2D eigenvalue weighted by atomic mass is 16.7. The number of likely N-dealkylation sites (tertiary alicyclic amines) is 1. The summed E-state index contributed by atoms with van der Waals surface area (Å²) in [6, 6.07) is 7.36. The monoisotopic (exact) mass is 270 g/mol. The summed E-state index contributed by atoms with van der Waals surface area (Å²) in [7, 11) is 0. The number of hydrogen-bond acceptors (Lipinski definition) is 4. The Morgan fingerprint density at radius 3 is 2.75 bits per heavy atom. The minimum absolute atomic E-state index is 0.158. The van der Waals surface area contributed by atoms with E-state index in [9.17, 15) is 10.1 Å². The van der Waals surface area contributed by atoms with Crippen LogP contribution in [0.2, 0.25) is 0 Å². The largest absolute Gasteiger partial charge is 0.454 e. The van der Waals surface area contributed by atoms with Crippen LogP contribution >= 0.6 is 0 Å². The lowest BCUT2D eigenvalue weighted by molar-refractivity contribution is -0.125. The van der Waals surface area contributed by atoms with Crippen LogP contribution in [0.1, 0.15) is 18.4 Å². The number of benzene rings is 1.